The molecule has 0 aromatic heterocycles. The van der Waals surface area contributed by atoms with Crippen LogP contribution in [-0.4, -0.2) is 45.4 Å². The number of hydrogen-bond donors (Lipinski definition) is 1. The summed E-state index contributed by atoms with van der Waals surface area (Å²) in [5, 5.41) is 2.41. The van der Waals surface area contributed by atoms with Crippen molar-refractivity contribution in [2.24, 2.45) is 5.92 Å². The summed E-state index contributed by atoms with van der Waals surface area (Å²) >= 11 is 0. The van der Waals surface area contributed by atoms with Gasteiger partial charge in [0.25, 0.3) is 10.1 Å². The molecule has 2 fully saturated rings. The van der Waals surface area contributed by atoms with E-state index in [0.29, 0.717) is 12.7 Å². The smallest absolute Gasteiger partial charge is 0.408 e. The van der Waals surface area contributed by atoms with Crippen LogP contribution in [0.15, 0.2) is 0 Å². The van der Waals surface area contributed by atoms with Gasteiger partial charge in [0, 0.05) is 0 Å². The molecule has 0 unspecified atom stereocenters. The van der Waals surface area contributed by atoms with Gasteiger partial charge in [-0.1, -0.05) is 32.1 Å². The number of alkyl halides is 2. The number of hydrogen-bond acceptors (Lipinski definition) is 5. The number of amides is 1. The molecule has 1 aliphatic carbocycles. The molecule has 2 rings (SSSR count). The molecule has 2 atom stereocenters. The Balaban J connectivity index is 2.00. The van der Waals surface area contributed by atoms with E-state index in [1.54, 1.807) is 0 Å². The van der Waals surface area contributed by atoms with E-state index in [1.165, 1.54) is 0 Å². The lowest BCUT2D eigenvalue weighted by molar-refractivity contribution is -0.127. The molecule has 6 nitrogen and oxygen atoms in total. The van der Waals surface area contributed by atoms with Gasteiger partial charge in [-0.15, -0.1) is 0 Å². The number of rotatable bonds is 6. The zero-order chi connectivity index (χ0) is 16.4. The fourth-order valence-electron chi connectivity index (χ4n) is 3.07. The second-order valence-corrected chi connectivity index (χ2v) is 7.69. The number of carbonyl (C=O) groups excluding carboxylic acids is 1. The summed E-state index contributed by atoms with van der Waals surface area (Å²) in [5.74, 6) is -3.29. The van der Waals surface area contributed by atoms with Gasteiger partial charge >= 0.3 is 12.0 Å². The Morgan fingerprint density at radius 3 is 2.55 bits per heavy atom. The minimum atomic E-state index is -3.99. The number of nitrogens with one attached hydrogen (secondary N) is 1. The Morgan fingerprint density at radius 2 is 1.95 bits per heavy atom. The zero-order valence-electron chi connectivity index (χ0n) is 12.4. The van der Waals surface area contributed by atoms with Crippen LogP contribution in [0, 0.1) is 5.92 Å². The lowest BCUT2D eigenvalue weighted by atomic mass is 9.83. The number of ether oxygens (including phenoxy) is 1. The molecule has 0 spiro atoms. The van der Waals surface area contributed by atoms with Crippen molar-refractivity contribution in [3.05, 3.63) is 0 Å². The highest BCUT2D eigenvalue weighted by Gasteiger charge is 2.52. The van der Waals surface area contributed by atoms with E-state index >= 15 is 0 Å². The largest absolute Gasteiger partial charge is 0.437 e. The molecule has 22 heavy (non-hydrogen) atoms. The second kappa shape index (κ2) is 6.66. The molecule has 0 aromatic carbocycles. The molecule has 0 bridgehead atoms. The van der Waals surface area contributed by atoms with E-state index in [4.69, 9.17) is 0 Å². The van der Waals surface area contributed by atoms with Gasteiger partial charge in [-0.2, -0.15) is 17.2 Å². The van der Waals surface area contributed by atoms with Crippen molar-refractivity contribution in [1.82, 2.24) is 5.32 Å². The first-order chi connectivity index (χ1) is 10.2. The van der Waals surface area contributed by atoms with E-state index < -0.39 is 40.9 Å². The average molecular weight is 341 g/mol. The van der Waals surface area contributed by atoms with Crippen molar-refractivity contribution in [1.29, 1.82) is 0 Å². The summed E-state index contributed by atoms with van der Waals surface area (Å²) in [6, 6.07) is -0.825. The number of carbonyl (C=O) groups is 1. The number of cyclic esters (lactones) is 1. The quantitative estimate of drug-likeness (QED) is 0.748. The first-order valence-corrected chi connectivity index (χ1v) is 9.18. The normalized spacial score (nSPS) is 27.5. The first-order valence-electron chi connectivity index (χ1n) is 7.37. The molecule has 1 heterocycles. The minimum absolute atomic E-state index is 0.273. The molecule has 2 aliphatic rings. The molecule has 1 N–H and O–H groups in total. The molecular formula is C13H21F2NO5S. The van der Waals surface area contributed by atoms with Crippen LogP contribution in [0.25, 0.3) is 0 Å². The van der Waals surface area contributed by atoms with Crippen molar-refractivity contribution < 1.29 is 30.9 Å². The van der Waals surface area contributed by atoms with Crippen LogP contribution in [0.2, 0.25) is 0 Å². The van der Waals surface area contributed by atoms with Crippen LogP contribution in [0.4, 0.5) is 13.6 Å². The maximum absolute atomic E-state index is 14.1. The number of halogens is 2. The second-order valence-electron chi connectivity index (χ2n) is 6.04. The lowest BCUT2D eigenvalue weighted by Crippen LogP contribution is -2.47. The van der Waals surface area contributed by atoms with Gasteiger partial charge < -0.3 is 10.1 Å². The van der Waals surface area contributed by atoms with Gasteiger partial charge in [-0.25, -0.2) is 4.79 Å². The Hall–Kier alpha value is -0.960. The molecule has 1 saturated heterocycles. The molecular weight excluding hydrogens is 320 g/mol. The van der Waals surface area contributed by atoms with Gasteiger partial charge in [0.15, 0.2) is 6.10 Å². The highest BCUT2D eigenvalue weighted by Crippen LogP contribution is 2.34. The van der Waals surface area contributed by atoms with Crippen LogP contribution in [0.5, 0.6) is 0 Å². The molecule has 0 aromatic rings. The predicted octanol–water partition coefficient (Wildman–Crippen LogP) is 2.05. The highest BCUT2D eigenvalue weighted by atomic mass is 32.2. The third kappa shape index (κ3) is 4.77. The van der Waals surface area contributed by atoms with Crippen molar-refractivity contribution in [3.8, 4) is 0 Å². The summed E-state index contributed by atoms with van der Waals surface area (Å²) in [6.07, 6.45) is 3.66. The first kappa shape index (κ1) is 17.4. The van der Waals surface area contributed by atoms with E-state index in [0.717, 1.165) is 32.1 Å². The maximum Gasteiger partial charge on any atom is 0.408 e. The lowest BCUT2D eigenvalue weighted by Gasteiger charge is -2.29. The fourth-order valence-corrected chi connectivity index (χ4v) is 3.44. The van der Waals surface area contributed by atoms with Gasteiger partial charge in [0.1, 0.15) is 6.61 Å². The van der Waals surface area contributed by atoms with Crippen molar-refractivity contribution in [2.45, 2.75) is 56.6 Å². The van der Waals surface area contributed by atoms with Crippen molar-refractivity contribution >= 4 is 16.2 Å². The Kier molecular flexibility index (Phi) is 5.26. The van der Waals surface area contributed by atoms with Gasteiger partial charge in [-0.05, 0) is 12.3 Å². The summed E-state index contributed by atoms with van der Waals surface area (Å²) in [4.78, 5) is 11.3. The third-order valence-electron chi connectivity index (χ3n) is 4.10. The summed E-state index contributed by atoms with van der Waals surface area (Å²) in [6.45, 7) is -1.33. The summed E-state index contributed by atoms with van der Waals surface area (Å²) in [5.41, 5.74) is 0. The van der Waals surface area contributed by atoms with E-state index in [2.05, 4.69) is 14.2 Å². The highest BCUT2D eigenvalue weighted by molar-refractivity contribution is 7.85. The average Bonchev–Trinajstić information content (AvgIpc) is 2.79. The summed E-state index contributed by atoms with van der Waals surface area (Å²) < 4.78 is 58.9. The molecule has 128 valence electrons. The van der Waals surface area contributed by atoms with Gasteiger partial charge in [0.05, 0.1) is 12.3 Å². The Bertz CT molecular complexity index is 505. The Labute approximate surface area is 128 Å². The molecule has 1 amide bonds. The maximum atomic E-state index is 14.1. The predicted molar refractivity (Wildman–Crippen MR) is 74.1 cm³/mol. The minimum Gasteiger partial charge on any atom is -0.437 e. The van der Waals surface area contributed by atoms with E-state index in [9.17, 15) is 22.0 Å². The number of alkyl carbamates (subject to hydrolysis) is 1. The standard InChI is InChI=1S/C13H21F2NO5S/c1-22(18,19)20-8-13(14,15)11-10(16-12(17)21-11)7-9-5-3-2-4-6-9/h9-11H,2-8H2,1H3,(H,16,17)/t10-,11+/m0/s1. The van der Waals surface area contributed by atoms with Crippen LogP contribution in [0.3, 0.4) is 0 Å². The van der Waals surface area contributed by atoms with Crippen molar-refractivity contribution in [3.63, 3.8) is 0 Å². The van der Waals surface area contributed by atoms with Crippen molar-refractivity contribution in [2.75, 3.05) is 12.9 Å². The molecule has 1 aliphatic heterocycles. The molecule has 1 saturated carbocycles. The molecule has 0 radical (unpaired) electrons. The van der Waals surface area contributed by atoms with Crippen LogP contribution >= 0.6 is 0 Å². The SMILES string of the molecule is CS(=O)(=O)OCC(F)(F)[C@@H]1OC(=O)N[C@H]1CC1CCCCC1. The van der Waals surface area contributed by atoms with E-state index in [-0.39, 0.29) is 5.92 Å². The monoisotopic (exact) mass is 341 g/mol. The van der Waals surface area contributed by atoms with E-state index in [1.807, 2.05) is 0 Å². The third-order valence-corrected chi connectivity index (χ3v) is 4.64. The van der Waals surface area contributed by atoms with Crippen LogP contribution in [-0.2, 0) is 19.0 Å². The van der Waals surface area contributed by atoms with Gasteiger partial charge in [-0.3, -0.25) is 4.18 Å². The van der Waals surface area contributed by atoms with Crippen LogP contribution < -0.4 is 5.32 Å². The topological polar surface area (TPSA) is 81.7 Å². The summed E-state index contributed by atoms with van der Waals surface area (Å²) in [7, 11) is -3.99. The fraction of sp³-hybridized carbons (Fsp3) is 0.923. The molecule has 9 heteroatoms. The Morgan fingerprint density at radius 1 is 1.32 bits per heavy atom. The van der Waals surface area contributed by atoms with Crippen LogP contribution in [0.1, 0.15) is 38.5 Å². The van der Waals surface area contributed by atoms with Gasteiger partial charge in [0.2, 0.25) is 0 Å². The zero-order valence-corrected chi connectivity index (χ0v) is 13.2.